The molecule has 0 saturated carbocycles. The van der Waals surface area contributed by atoms with Gasteiger partial charge in [0.05, 0.1) is 18.6 Å². The van der Waals surface area contributed by atoms with E-state index in [9.17, 15) is 0 Å². The number of ether oxygens (including phenoxy) is 1. The van der Waals surface area contributed by atoms with Crippen LogP contribution in [0.4, 0.5) is 5.82 Å². The first-order valence-electron chi connectivity index (χ1n) is 7.30. The summed E-state index contributed by atoms with van der Waals surface area (Å²) in [5.74, 6) is 1.51. The van der Waals surface area contributed by atoms with Gasteiger partial charge in [0, 0.05) is 25.8 Å². The van der Waals surface area contributed by atoms with E-state index >= 15 is 0 Å². The van der Waals surface area contributed by atoms with E-state index in [0.717, 1.165) is 37.4 Å². The van der Waals surface area contributed by atoms with Crippen molar-refractivity contribution in [3.63, 3.8) is 0 Å². The van der Waals surface area contributed by atoms with E-state index in [0.29, 0.717) is 17.9 Å². The van der Waals surface area contributed by atoms with E-state index in [1.54, 1.807) is 18.1 Å². The van der Waals surface area contributed by atoms with Gasteiger partial charge in [0.1, 0.15) is 5.82 Å². The third kappa shape index (κ3) is 3.81. The normalized spacial score (nSPS) is 17.8. The summed E-state index contributed by atoms with van der Waals surface area (Å²) in [4.78, 5) is 8.53. The average molecular weight is 292 g/mol. The summed E-state index contributed by atoms with van der Waals surface area (Å²) in [7, 11) is 1.64. The standard InChI is InChI=1S/C14H24N6O/c1-10(2)12-8-19-20(14(15)16-3)13(12)18-9-17-11-4-6-21-7-5-11/h8-11H,4-7H2,1-3H3,(H2,15,16)(H,17,18). The highest BCUT2D eigenvalue weighted by atomic mass is 16.5. The number of rotatable bonds is 4. The van der Waals surface area contributed by atoms with Gasteiger partial charge in [-0.25, -0.2) is 0 Å². The topological polar surface area (TPSA) is 89.8 Å². The molecule has 3 N–H and O–H groups in total. The summed E-state index contributed by atoms with van der Waals surface area (Å²) in [5.41, 5.74) is 6.96. The van der Waals surface area contributed by atoms with Crippen LogP contribution in [0.15, 0.2) is 16.2 Å². The fraction of sp³-hybridized carbons (Fsp3) is 0.643. The van der Waals surface area contributed by atoms with E-state index in [1.165, 1.54) is 0 Å². The quantitative estimate of drug-likeness (QED) is 0.648. The zero-order chi connectivity index (χ0) is 15.2. The summed E-state index contributed by atoms with van der Waals surface area (Å²) < 4.78 is 6.93. The number of nitrogens with zero attached hydrogens (tertiary/aromatic N) is 4. The molecule has 0 bridgehead atoms. The number of hydrogen-bond acceptors (Lipinski definition) is 4. The monoisotopic (exact) mass is 292 g/mol. The first kappa shape index (κ1) is 15.5. The minimum atomic E-state index is 0.322. The molecule has 2 heterocycles. The summed E-state index contributed by atoms with van der Waals surface area (Å²) >= 11 is 0. The molecule has 7 nitrogen and oxygen atoms in total. The lowest BCUT2D eigenvalue weighted by Crippen LogP contribution is -2.25. The van der Waals surface area contributed by atoms with Gasteiger partial charge in [-0.15, -0.1) is 0 Å². The first-order valence-corrected chi connectivity index (χ1v) is 7.30. The molecule has 21 heavy (non-hydrogen) atoms. The second-order valence-corrected chi connectivity index (χ2v) is 5.36. The molecular weight excluding hydrogens is 268 g/mol. The molecule has 7 heteroatoms. The van der Waals surface area contributed by atoms with Gasteiger partial charge in [0.2, 0.25) is 5.96 Å². The SMILES string of the molecule is CN=C(N)n1ncc(C(C)C)c1NC=NC1CCOCC1. The second kappa shape index (κ2) is 7.21. The molecule has 0 spiro atoms. The summed E-state index contributed by atoms with van der Waals surface area (Å²) in [6, 6.07) is 0.322. The van der Waals surface area contributed by atoms with Crippen molar-refractivity contribution in [3.05, 3.63) is 11.8 Å². The highest BCUT2D eigenvalue weighted by Gasteiger charge is 2.15. The molecule has 0 radical (unpaired) electrons. The molecule has 1 aromatic heterocycles. The van der Waals surface area contributed by atoms with Crippen LogP contribution < -0.4 is 11.1 Å². The number of anilines is 1. The Hall–Kier alpha value is -1.89. The zero-order valence-corrected chi connectivity index (χ0v) is 12.9. The average Bonchev–Trinajstić information content (AvgIpc) is 2.91. The molecule has 1 fully saturated rings. The van der Waals surface area contributed by atoms with E-state index in [2.05, 4.69) is 34.2 Å². The van der Waals surface area contributed by atoms with Crippen LogP contribution in [0, 0.1) is 0 Å². The van der Waals surface area contributed by atoms with Crippen LogP contribution in [0.5, 0.6) is 0 Å². The van der Waals surface area contributed by atoms with Crippen LogP contribution in [0.2, 0.25) is 0 Å². The van der Waals surface area contributed by atoms with E-state index in [4.69, 9.17) is 10.5 Å². The summed E-state index contributed by atoms with van der Waals surface area (Å²) in [6.07, 6.45) is 5.48. The van der Waals surface area contributed by atoms with Crippen molar-refractivity contribution in [1.29, 1.82) is 0 Å². The highest BCUT2D eigenvalue weighted by molar-refractivity contribution is 5.87. The smallest absolute Gasteiger partial charge is 0.218 e. The molecule has 0 atom stereocenters. The maximum absolute atomic E-state index is 5.87. The molecule has 0 unspecified atom stereocenters. The molecule has 116 valence electrons. The van der Waals surface area contributed by atoms with Crippen LogP contribution in [0.25, 0.3) is 0 Å². The van der Waals surface area contributed by atoms with Crippen molar-refractivity contribution in [3.8, 4) is 0 Å². The molecule has 1 aliphatic heterocycles. The summed E-state index contributed by atoms with van der Waals surface area (Å²) in [6.45, 7) is 5.79. The predicted octanol–water partition coefficient (Wildman–Crippen LogP) is 1.42. The van der Waals surface area contributed by atoms with Crippen LogP contribution in [0.1, 0.15) is 38.2 Å². The van der Waals surface area contributed by atoms with Gasteiger partial charge in [-0.05, 0) is 18.8 Å². The van der Waals surface area contributed by atoms with Gasteiger partial charge in [-0.2, -0.15) is 9.78 Å². The Morgan fingerprint density at radius 2 is 2.24 bits per heavy atom. The molecule has 1 aromatic rings. The van der Waals surface area contributed by atoms with Gasteiger partial charge in [0.25, 0.3) is 0 Å². The van der Waals surface area contributed by atoms with Crippen LogP contribution >= 0.6 is 0 Å². The van der Waals surface area contributed by atoms with Crippen LogP contribution in [-0.2, 0) is 4.74 Å². The Balaban J connectivity index is 2.13. The predicted molar refractivity (Wildman–Crippen MR) is 85.2 cm³/mol. The van der Waals surface area contributed by atoms with Crippen molar-refractivity contribution < 1.29 is 4.74 Å². The Labute approximate surface area is 125 Å². The number of nitrogens with two attached hydrogens (primary N) is 1. The third-order valence-corrected chi connectivity index (χ3v) is 3.54. The molecule has 1 aliphatic rings. The lowest BCUT2D eigenvalue weighted by molar-refractivity contribution is 0.0872. The Morgan fingerprint density at radius 3 is 2.86 bits per heavy atom. The number of hydrogen-bond donors (Lipinski definition) is 2. The fourth-order valence-corrected chi connectivity index (χ4v) is 2.23. The fourth-order valence-electron chi connectivity index (χ4n) is 2.23. The molecule has 2 rings (SSSR count). The van der Waals surface area contributed by atoms with Crippen LogP contribution in [-0.4, -0.2) is 48.4 Å². The minimum Gasteiger partial charge on any atom is -0.381 e. The van der Waals surface area contributed by atoms with Crippen molar-refractivity contribution in [2.75, 3.05) is 25.6 Å². The summed E-state index contributed by atoms with van der Waals surface area (Å²) in [5, 5.41) is 7.50. The largest absolute Gasteiger partial charge is 0.381 e. The molecular formula is C14H24N6O. The van der Waals surface area contributed by atoms with E-state index in [1.807, 2.05) is 6.20 Å². The van der Waals surface area contributed by atoms with Gasteiger partial charge in [-0.3, -0.25) is 9.98 Å². The van der Waals surface area contributed by atoms with Crippen molar-refractivity contribution in [1.82, 2.24) is 9.78 Å². The number of aromatic nitrogens is 2. The van der Waals surface area contributed by atoms with Crippen molar-refractivity contribution >= 4 is 18.1 Å². The lowest BCUT2D eigenvalue weighted by Gasteiger charge is -2.18. The third-order valence-electron chi connectivity index (χ3n) is 3.54. The van der Waals surface area contributed by atoms with Gasteiger partial charge < -0.3 is 15.8 Å². The number of nitrogens with one attached hydrogen (secondary N) is 1. The molecule has 0 aliphatic carbocycles. The number of aliphatic imine (C=N–C) groups is 2. The Bertz CT molecular complexity index is 514. The van der Waals surface area contributed by atoms with Gasteiger partial charge >= 0.3 is 0 Å². The van der Waals surface area contributed by atoms with Gasteiger partial charge in [0.15, 0.2) is 0 Å². The van der Waals surface area contributed by atoms with E-state index in [-0.39, 0.29) is 0 Å². The van der Waals surface area contributed by atoms with Crippen molar-refractivity contribution in [2.24, 2.45) is 15.7 Å². The first-order chi connectivity index (χ1) is 10.1. The highest BCUT2D eigenvalue weighted by Crippen LogP contribution is 2.23. The van der Waals surface area contributed by atoms with E-state index < -0.39 is 0 Å². The van der Waals surface area contributed by atoms with Crippen molar-refractivity contribution in [2.45, 2.75) is 38.6 Å². The molecule has 0 aromatic carbocycles. The molecule has 1 saturated heterocycles. The minimum absolute atomic E-state index is 0.322. The molecule has 0 amide bonds. The maximum Gasteiger partial charge on any atom is 0.218 e. The Morgan fingerprint density at radius 1 is 1.52 bits per heavy atom. The van der Waals surface area contributed by atoms with Crippen LogP contribution in [0.3, 0.4) is 0 Å². The van der Waals surface area contributed by atoms with Gasteiger partial charge in [-0.1, -0.05) is 13.8 Å². The second-order valence-electron chi connectivity index (χ2n) is 5.36. The maximum atomic E-state index is 5.87. The zero-order valence-electron chi connectivity index (χ0n) is 12.9. The lowest BCUT2D eigenvalue weighted by atomic mass is 10.1. The Kier molecular flexibility index (Phi) is 5.32.